The molecular weight excluding hydrogens is 432 g/mol. The lowest BCUT2D eigenvalue weighted by molar-refractivity contribution is -0.128. The smallest absolute Gasteiger partial charge is 0.257 e. The number of likely N-dealkylation sites (tertiary alicyclic amines) is 1. The van der Waals surface area contributed by atoms with Gasteiger partial charge in [0.25, 0.3) is 5.91 Å². The molecule has 0 radical (unpaired) electrons. The summed E-state index contributed by atoms with van der Waals surface area (Å²) in [7, 11) is 0. The molecule has 1 aromatic heterocycles. The zero-order valence-electron chi connectivity index (χ0n) is 19.2. The highest BCUT2D eigenvalue weighted by Gasteiger charge is 2.26. The molecule has 0 spiro atoms. The van der Waals surface area contributed by atoms with Crippen molar-refractivity contribution in [2.24, 2.45) is 5.92 Å². The second kappa shape index (κ2) is 10.3. The van der Waals surface area contributed by atoms with Gasteiger partial charge in [-0.3, -0.25) is 14.7 Å². The zero-order valence-corrected chi connectivity index (χ0v) is 19.2. The normalized spacial score (nSPS) is 18.9. The van der Waals surface area contributed by atoms with E-state index in [2.05, 4.69) is 16.3 Å². The highest BCUT2D eigenvalue weighted by molar-refractivity contribution is 5.97. The van der Waals surface area contributed by atoms with E-state index in [0.29, 0.717) is 57.2 Å². The number of nitrogens with zero attached hydrogens (tertiary/aromatic N) is 3. The van der Waals surface area contributed by atoms with Gasteiger partial charge < -0.3 is 19.3 Å². The zero-order chi connectivity index (χ0) is 23.3. The van der Waals surface area contributed by atoms with Crippen molar-refractivity contribution in [1.29, 1.82) is 0 Å². The molecule has 2 fully saturated rings. The van der Waals surface area contributed by atoms with Gasteiger partial charge in [-0.1, -0.05) is 24.3 Å². The van der Waals surface area contributed by atoms with Crippen LogP contribution in [-0.2, 0) is 16.0 Å². The van der Waals surface area contributed by atoms with Crippen molar-refractivity contribution in [1.82, 2.24) is 20.0 Å². The summed E-state index contributed by atoms with van der Waals surface area (Å²) in [6.45, 7) is 3.98. The number of carbonyl (C=O) groups excluding carboxylic acids is 2. The van der Waals surface area contributed by atoms with Gasteiger partial charge in [0.1, 0.15) is 12.4 Å². The van der Waals surface area contributed by atoms with E-state index in [1.54, 1.807) is 0 Å². The summed E-state index contributed by atoms with van der Waals surface area (Å²) in [5.74, 6) is 0.866. The number of rotatable bonds is 7. The molecule has 0 saturated carbocycles. The van der Waals surface area contributed by atoms with E-state index in [0.717, 1.165) is 30.3 Å². The summed E-state index contributed by atoms with van der Waals surface area (Å²) in [5.41, 5.74) is 2.77. The van der Waals surface area contributed by atoms with Gasteiger partial charge in [-0.2, -0.15) is 5.10 Å². The number of H-pyrrole nitrogens is 1. The molecule has 1 atom stereocenters. The molecule has 2 aliphatic rings. The summed E-state index contributed by atoms with van der Waals surface area (Å²) in [6.07, 6.45) is 4.18. The molecule has 5 rings (SSSR count). The monoisotopic (exact) mass is 462 g/mol. The Morgan fingerprint density at radius 1 is 1.18 bits per heavy atom. The number of fused-ring (bicyclic) bond motifs is 1. The molecule has 8 heteroatoms. The summed E-state index contributed by atoms with van der Waals surface area (Å²) in [5, 5.41) is 8.29. The molecule has 3 aromatic rings. The molecular formula is C26H30N4O4. The summed E-state index contributed by atoms with van der Waals surface area (Å²) in [4.78, 5) is 29.1. The van der Waals surface area contributed by atoms with Gasteiger partial charge in [-0.05, 0) is 36.6 Å². The predicted octanol–water partition coefficient (Wildman–Crippen LogP) is 2.90. The third-order valence-corrected chi connectivity index (χ3v) is 6.62. The predicted molar refractivity (Wildman–Crippen MR) is 128 cm³/mol. The summed E-state index contributed by atoms with van der Waals surface area (Å²) >= 11 is 0. The van der Waals surface area contributed by atoms with Gasteiger partial charge in [0.05, 0.1) is 37.0 Å². The van der Waals surface area contributed by atoms with Crippen molar-refractivity contribution in [2.45, 2.75) is 19.3 Å². The Kier molecular flexibility index (Phi) is 6.76. The summed E-state index contributed by atoms with van der Waals surface area (Å²) in [6, 6.07) is 13.5. The Morgan fingerprint density at radius 2 is 2.09 bits per heavy atom. The van der Waals surface area contributed by atoms with Crippen LogP contribution in [0.1, 0.15) is 28.8 Å². The highest BCUT2D eigenvalue weighted by atomic mass is 16.5. The maximum absolute atomic E-state index is 13.5. The molecule has 2 saturated heterocycles. The fourth-order valence-electron chi connectivity index (χ4n) is 4.85. The van der Waals surface area contributed by atoms with E-state index >= 15 is 0 Å². The molecule has 2 amide bonds. The third kappa shape index (κ3) is 4.92. The first kappa shape index (κ1) is 22.4. The second-order valence-corrected chi connectivity index (χ2v) is 8.97. The molecule has 0 bridgehead atoms. The Morgan fingerprint density at radius 3 is 2.97 bits per heavy atom. The van der Waals surface area contributed by atoms with Crippen molar-refractivity contribution in [3.05, 3.63) is 59.8 Å². The Hall–Kier alpha value is -3.39. The minimum atomic E-state index is -0.0510. The van der Waals surface area contributed by atoms with E-state index in [4.69, 9.17) is 9.47 Å². The SMILES string of the molecule is O=C1CCCN1CCOc1ccccc1C(=O)N1CCOC[C@@H](Cc2cccc3[nH]ncc23)C1. The van der Waals surface area contributed by atoms with Gasteiger partial charge >= 0.3 is 0 Å². The minimum absolute atomic E-state index is 0.0510. The molecule has 34 heavy (non-hydrogen) atoms. The third-order valence-electron chi connectivity index (χ3n) is 6.62. The number of carbonyl (C=O) groups is 2. The number of hydrogen-bond donors (Lipinski definition) is 1. The average molecular weight is 463 g/mol. The number of aromatic amines is 1. The number of nitrogens with one attached hydrogen (secondary N) is 1. The Balaban J connectivity index is 1.26. The fourth-order valence-corrected chi connectivity index (χ4v) is 4.85. The number of hydrogen-bond acceptors (Lipinski definition) is 5. The molecule has 8 nitrogen and oxygen atoms in total. The standard InChI is InChI=1S/C26H30N4O4/c31-25-9-4-10-29(25)12-14-34-24-8-2-1-6-21(24)26(32)30-11-13-33-18-19(17-30)15-20-5-3-7-23-22(20)16-27-28-23/h1-3,5-8,16,19H,4,9-15,17-18H2,(H,27,28)/t19-/m0/s1. The number of aromatic nitrogens is 2. The number of amides is 2. The van der Waals surface area contributed by atoms with E-state index in [1.165, 1.54) is 5.56 Å². The van der Waals surface area contributed by atoms with Crippen LogP contribution in [0.5, 0.6) is 5.75 Å². The number of benzene rings is 2. The topological polar surface area (TPSA) is 87.8 Å². The minimum Gasteiger partial charge on any atom is -0.491 e. The van der Waals surface area contributed by atoms with Crippen molar-refractivity contribution < 1.29 is 19.1 Å². The molecule has 178 valence electrons. The van der Waals surface area contributed by atoms with E-state index in [1.807, 2.05) is 52.4 Å². The van der Waals surface area contributed by atoms with E-state index < -0.39 is 0 Å². The van der Waals surface area contributed by atoms with Gasteiger partial charge in [-0.15, -0.1) is 0 Å². The van der Waals surface area contributed by atoms with Crippen LogP contribution in [0.4, 0.5) is 0 Å². The largest absolute Gasteiger partial charge is 0.491 e. The first-order valence-corrected chi connectivity index (χ1v) is 12.0. The lowest BCUT2D eigenvalue weighted by atomic mass is 9.97. The molecule has 0 unspecified atom stereocenters. The van der Waals surface area contributed by atoms with Gasteiger partial charge in [0, 0.05) is 37.4 Å². The van der Waals surface area contributed by atoms with Crippen molar-refractivity contribution in [2.75, 3.05) is 46.0 Å². The van der Waals surface area contributed by atoms with Crippen LogP contribution in [0, 0.1) is 5.92 Å². The van der Waals surface area contributed by atoms with Gasteiger partial charge in [-0.25, -0.2) is 0 Å². The van der Waals surface area contributed by atoms with Gasteiger partial charge in [0.2, 0.25) is 5.91 Å². The van der Waals surface area contributed by atoms with Crippen LogP contribution in [0.2, 0.25) is 0 Å². The first-order valence-electron chi connectivity index (χ1n) is 12.0. The quantitative estimate of drug-likeness (QED) is 0.583. The molecule has 3 heterocycles. The summed E-state index contributed by atoms with van der Waals surface area (Å²) < 4.78 is 11.8. The van der Waals surface area contributed by atoms with Crippen molar-refractivity contribution in [3.8, 4) is 5.75 Å². The molecule has 2 aromatic carbocycles. The molecule has 2 aliphatic heterocycles. The lowest BCUT2D eigenvalue weighted by Gasteiger charge is -2.25. The van der Waals surface area contributed by atoms with Crippen molar-refractivity contribution in [3.63, 3.8) is 0 Å². The maximum atomic E-state index is 13.5. The Labute approximate surface area is 198 Å². The first-order chi connectivity index (χ1) is 16.7. The van der Waals surface area contributed by atoms with Crippen LogP contribution < -0.4 is 4.74 Å². The highest BCUT2D eigenvalue weighted by Crippen LogP contribution is 2.24. The van der Waals surface area contributed by atoms with E-state index in [-0.39, 0.29) is 17.7 Å². The fraction of sp³-hybridized carbons (Fsp3) is 0.423. The Bertz CT molecular complexity index is 1160. The average Bonchev–Trinajstić information content (AvgIpc) is 3.43. The lowest BCUT2D eigenvalue weighted by Crippen LogP contribution is -2.36. The maximum Gasteiger partial charge on any atom is 0.257 e. The van der Waals surface area contributed by atoms with Crippen molar-refractivity contribution >= 4 is 22.7 Å². The number of ether oxygens (including phenoxy) is 2. The molecule has 0 aliphatic carbocycles. The van der Waals surface area contributed by atoms with Crippen LogP contribution in [0.25, 0.3) is 10.9 Å². The van der Waals surface area contributed by atoms with Crippen LogP contribution in [-0.4, -0.2) is 77.8 Å². The van der Waals surface area contributed by atoms with Crippen LogP contribution in [0.3, 0.4) is 0 Å². The second-order valence-electron chi connectivity index (χ2n) is 8.97. The number of para-hydroxylation sites is 1. The van der Waals surface area contributed by atoms with Gasteiger partial charge in [0.15, 0.2) is 0 Å². The van der Waals surface area contributed by atoms with E-state index in [9.17, 15) is 9.59 Å². The molecule has 1 N–H and O–H groups in total. The van der Waals surface area contributed by atoms with Crippen LogP contribution in [0.15, 0.2) is 48.7 Å². The van der Waals surface area contributed by atoms with Crippen LogP contribution >= 0.6 is 0 Å².